The third-order valence-electron chi connectivity index (χ3n) is 4.19. The molecule has 0 saturated heterocycles. The minimum atomic E-state index is -0.332. The zero-order valence-electron chi connectivity index (χ0n) is 14.3. The van der Waals surface area contributed by atoms with Gasteiger partial charge in [0.1, 0.15) is 0 Å². The van der Waals surface area contributed by atoms with E-state index in [0.717, 1.165) is 23.2 Å². The largest absolute Gasteiger partial charge is 0.453 e. The third-order valence-corrected chi connectivity index (χ3v) is 4.19. The van der Waals surface area contributed by atoms with E-state index >= 15 is 0 Å². The monoisotopic (exact) mass is 339 g/mol. The van der Waals surface area contributed by atoms with Crippen molar-refractivity contribution in [3.05, 3.63) is 59.2 Å². The molecule has 2 aromatic carbocycles. The van der Waals surface area contributed by atoms with Gasteiger partial charge in [0.25, 0.3) is 0 Å². The molecule has 1 aliphatic heterocycles. The number of hydrogen-bond donors (Lipinski definition) is 2. The molecular weight excluding hydrogens is 318 g/mol. The second kappa shape index (κ2) is 7.25. The minimum absolute atomic E-state index is 0.300. The molecular formula is C19H21N3O3. The molecule has 2 aromatic rings. The van der Waals surface area contributed by atoms with Crippen molar-refractivity contribution < 1.29 is 14.3 Å². The van der Waals surface area contributed by atoms with Crippen molar-refractivity contribution in [1.82, 2.24) is 4.90 Å². The summed E-state index contributed by atoms with van der Waals surface area (Å²) in [5, 5.41) is 5.65. The number of aryl methyl sites for hydroxylation is 1. The van der Waals surface area contributed by atoms with Crippen molar-refractivity contribution in [2.24, 2.45) is 0 Å². The summed E-state index contributed by atoms with van der Waals surface area (Å²) in [7, 11) is 1.38. The Balaban J connectivity index is 1.68. The number of carbonyl (C=O) groups is 2. The first kappa shape index (κ1) is 16.8. The maximum Gasteiger partial charge on any atom is 0.409 e. The Labute approximate surface area is 146 Å². The number of anilines is 2. The summed E-state index contributed by atoms with van der Waals surface area (Å²) >= 11 is 0. The molecule has 0 radical (unpaired) electrons. The van der Waals surface area contributed by atoms with Crippen molar-refractivity contribution in [3.63, 3.8) is 0 Å². The van der Waals surface area contributed by atoms with Crippen LogP contribution in [0.15, 0.2) is 42.5 Å². The number of ether oxygens (including phenoxy) is 1. The molecule has 0 atom stereocenters. The van der Waals surface area contributed by atoms with Crippen LogP contribution in [0.25, 0.3) is 0 Å². The Bertz CT molecular complexity index is 804. The smallest absolute Gasteiger partial charge is 0.409 e. The number of amides is 3. The number of methoxy groups -OCH3 is 1. The predicted octanol–water partition coefficient (Wildman–Crippen LogP) is 3.76. The van der Waals surface area contributed by atoms with E-state index in [2.05, 4.69) is 10.6 Å². The van der Waals surface area contributed by atoms with Crippen LogP contribution in [0, 0.1) is 6.92 Å². The van der Waals surface area contributed by atoms with E-state index in [4.69, 9.17) is 4.74 Å². The molecule has 0 spiro atoms. The number of fused-ring (bicyclic) bond motifs is 1. The topological polar surface area (TPSA) is 70.7 Å². The first-order chi connectivity index (χ1) is 12.0. The van der Waals surface area contributed by atoms with Crippen LogP contribution in [0.5, 0.6) is 0 Å². The van der Waals surface area contributed by atoms with Gasteiger partial charge in [-0.25, -0.2) is 9.59 Å². The van der Waals surface area contributed by atoms with Crippen LogP contribution >= 0.6 is 0 Å². The number of benzene rings is 2. The number of carbonyl (C=O) groups excluding carboxylic acids is 2. The van der Waals surface area contributed by atoms with E-state index in [0.29, 0.717) is 18.8 Å². The van der Waals surface area contributed by atoms with E-state index in [9.17, 15) is 9.59 Å². The Kier molecular flexibility index (Phi) is 4.88. The molecule has 25 heavy (non-hydrogen) atoms. The van der Waals surface area contributed by atoms with Gasteiger partial charge in [-0.3, -0.25) is 0 Å². The lowest BCUT2D eigenvalue weighted by atomic mass is 9.99. The summed E-state index contributed by atoms with van der Waals surface area (Å²) in [5.74, 6) is 0. The Morgan fingerprint density at radius 3 is 2.52 bits per heavy atom. The SMILES string of the molecule is COC(=O)N1CCc2ccc(NC(=O)Nc3cccc(C)c3)cc2C1. The number of rotatable bonds is 2. The van der Waals surface area contributed by atoms with E-state index in [1.807, 2.05) is 49.4 Å². The number of nitrogens with one attached hydrogen (secondary N) is 2. The average Bonchev–Trinajstić information content (AvgIpc) is 2.60. The van der Waals surface area contributed by atoms with Gasteiger partial charge in [0.2, 0.25) is 0 Å². The van der Waals surface area contributed by atoms with Crippen LogP contribution in [0.2, 0.25) is 0 Å². The van der Waals surface area contributed by atoms with Crippen LogP contribution in [0.1, 0.15) is 16.7 Å². The van der Waals surface area contributed by atoms with E-state index in [1.54, 1.807) is 4.90 Å². The van der Waals surface area contributed by atoms with Crippen LogP contribution in [0.3, 0.4) is 0 Å². The third kappa shape index (κ3) is 4.09. The molecule has 3 rings (SSSR count). The molecule has 130 valence electrons. The number of urea groups is 1. The molecule has 0 aliphatic carbocycles. The average molecular weight is 339 g/mol. The van der Waals surface area contributed by atoms with E-state index in [1.165, 1.54) is 12.7 Å². The summed E-state index contributed by atoms with van der Waals surface area (Å²) in [5.41, 5.74) is 4.72. The van der Waals surface area contributed by atoms with Crippen LogP contribution in [-0.2, 0) is 17.7 Å². The summed E-state index contributed by atoms with van der Waals surface area (Å²) in [4.78, 5) is 25.5. The van der Waals surface area contributed by atoms with Crippen LogP contribution < -0.4 is 10.6 Å². The molecule has 0 aromatic heterocycles. The highest BCUT2D eigenvalue weighted by Gasteiger charge is 2.21. The second-order valence-electron chi connectivity index (χ2n) is 6.07. The van der Waals surface area contributed by atoms with Gasteiger partial charge in [0.05, 0.1) is 7.11 Å². The van der Waals surface area contributed by atoms with Gasteiger partial charge in [0, 0.05) is 24.5 Å². The Morgan fingerprint density at radius 2 is 1.80 bits per heavy atom. The van der Waals surface area contributed by atoms with Gasteiger partial charge < -0.3 is 20.3 Å². The molecule has 0 bridgehead atoms. The van der Waals surface area contributed by atoms with Gasteiger partial charge in [-0.05, 0) is 54.3 Å². The number of hydrogen-bond acceptors (Lipinski definition) is 3. The fraction of sp³-hybridized carbons (Fsp3) is 0.263. The fourth-order valence-electron chi connectivity index (χ4n) is 2.94. The lowest BCUT2D eigenvalue weighted by Crippen LogP contribution is -2.35. The second-order valence-corrected chi connectivity index (χ2v) is 6.07. The van der Waals surface area contributed by atoms with Crippen molar-refractivity contribution in [2.45, 2.75) is 19.9 Å². The van der Waals surface area contributed by atoms with Crippen LogP contribution in [0.4, 0.5) is 21.0 Å². The molecule has 1 aliphatic rings. The summed E-state index contributed by atoms with van der Waals surface area (Å²) < 4.78 is 4.78. The number of nitrogens with zero attached hydrogens (tertiary/aromatic N) is 1. The quantitative estimate of drug-likeness (QED) is 0.875. The van der Waals surface area contributed by atoms with Crippen LogP contribution in [-0.4, -0.2) is 30.7 Å². The highest BCUT2D eigenvalue weighted by molar-refractivity contribution is 5.99. The highest BCUT2D eigenvalue weighted by Crippen LogP contribution is 2.23. The van der Waals surface area contributed by atoms with Gasteiger partial charge in [-0.2, -0.15) is 0 Å². The maximum atomic E-state index is 12.2. The standard InChI is InChI=1S/C19H21N3O3/c1-13-4-3-5-16(10-13)20-18(23)21-17-7-6-14-8-9-22(19(24)25-2)12-15(14)11-17/h3-7,10-11H,8-9,12H2,1-2H3,(H2,20,21,23). The fourth-order valence-corrected chi connectivity index (χ4v) is 2.94. The Morgan fingerprint density at radius 1 is 1.04 bits per heavy atom. The summed E-state index contributed by atoms with van der Waals surface area (Å²) in [6.45, 7) is 3.09. The minimum Gasteiger partial charge on any atom is -0.453 e. The Hall–Kier alpha value is -3.02. The maximum absolute atomic E-state index is 12.2. The molecule has 2 N–H and O–H groups in total. The van der Waals surface area contributed by atoms with Gasteiger partial charge >= 0.3 is 12.1 Å². The molecule has 1 heterocycles. The lowest BCUT2D eigenvalue weighted by molar-refractivity contribution is 0.118. The lowest BCUT2D eigenvalue weighted by Gasteiger charge is -2.28. The molecule has 0 fully saturated rings. The van der Waals surface area contributed by atoms with Crippen molar-refractivity contribution in [2.75, 3.05) is 24.3 Å². The normalized spacial score (nSPS) is 13.0. The molecule has 6 nitrogen and oxygen atoms in total. The van der Waals surface area contributed by atoms with Gasteiger partial charge in [0.15, 0.2) is 0 Å². The highest BCUT2D eigenvalue weighted by atomic mass is 16.5. The summed E-state index contributed by atoms with van der Waals surface area (Å²) in [6, 6.07) is 13.1. The predicted molar refractivity (Wildman–Crippen MR) is 96.8 cm³/mol. The van der Waals surface area contributed by atoms with Gasteiger partial charge in [-0.1, -0.05) is 18.2 Å². The van der Waals surface area contributed by atoms with E-state index < -0.39 is 0 Å². The van der Waals surface area contributed by atoms with Crippen molar-refractivity contribution >= 4 is 23.5 Å². The molecule has 0 unspecified atom stereocenters. The zero-order valence-corrected chi connectivity index (χ0v) is 14.3. The van der Waals surface area contributed by atoms with Crippen molar-refractivity contribution in [3.8, 4) is 0 Å². The zero-order chi connectivity index (χ0) is 17.8. The van der Waals surface area contributed by atoms with E-state index in [-0.39, 0.29) is 12.1 Å². The van der Waals surface area contributed by atoms with Crippen molar-refractivity contribution in [1.29, 1.82) is 0 Å². The molecule has 3 amide bonds. The summed E-state index contributed by atoms with van der Waals surface area (Å²) in [6.07, 6.45) is 0.446. The first-order valence-corrected chi connectivity index (χ1v) is 8.14. The molecule has 6 heteroatoms. The first-order valence-electron chi connectivity index (χ1n) is 8.14. The van der Waals surface area contributed by atoms with Gasteiger partial charge in [-0.15, -0.1) is 0 Å². The molecule has 0 saturated carbocycles.